The summed E-state index contributed by atoms with van der Waals surface area (Å²) in [4.78, 5) is 2.69. The van der Waals surface area contributed by atoms with Crippen LogP contribution in [0.25, 0.3) is 0 Å². The van der Waals surface area contributed by atoms with Crippen LogP contribution in [0.15, 0.2) is 0 Å². The predicted molar refractivity (Wildman–Crippen MR) is 76.3 cm³/mol. The van der Waals surface area contributed by atoms with Crippen molar-refractivity contribution in [2.75, 3.05) is 25.0 Å². The number of halogens is 1. The monoisotopic (exact) mass is 289 g/mol. The molecule has 1 unspecified atom stereocenters. The summed E-state index contributed by atoms with van der Waals surface area (Å²) in [7, 11) is 0. The summed E-state index contributed by atoms with van der Waals surface area (Å²) < 4.78 is 0. The lowest BCUT2D eigenvalue weighted by Crippen LogP contribution is -2.37. The molecule has 1 atom stereocenters. The number of hydrogen-bond donors (Lipinski definition) is 0. The van der Waals surface area contributed by atoms with Crippen molar-refractivity contribution in [2.24, 2.45) is 11.8 Å². The molecule has 1 rings (SSSR count). The Bertz CT molecular complexity index is 164. The molecule has 0 N–H and O–H groups in total. The minimum absolute atomic E-state index is 0.868. The topological polar surface area (TPSA) is 3.24 Å². The fourth-order valence-electron chi connectivity index (χ4n) is 2.86. The van der Waals surface area contributed by atoms with Crippen LogP contribution < -0.4 is 0 Å². The van der Waals surface area contributed by atoms with E-state index in [1.165, 1.54) is 63.5 Å². The van der Waals surface area contributed by atoms with Crippen LogP contribution in [0.2, 0.25) is 0 Å². The molecule has 1 heterocycles. The van der Waals surface area contributed by atoms with Crippen LogP contribution in [0.1, 0.15) is 52.4 Å². The van der Waals surface area contributed by atoms with E-state index in [1.807, 2.05) is 0 Å². The molecule has 0 amide bonds. The third-order valence-corrected chi connectivity index (χ3v) is 4.75. The van der Waals surface area contributed by atoms with E-state index in [2.05, 4.69) is 34.7 Å². The summed E-state index contributed by atoms with van der Waals surface area (Å²) in [5.41, 5.74) is 0. The molecule has 0 bridgehead atoms. The van der Waals surface area contributed by atoms with Crippen LogP contribution in [-0.4, -0.2) is 29.9 Å². The van der Waals surface area contributed by atoms with Crippen molar-refractivity contribution in [1.29, 1.82) is 0 Å². The maximum atomic E-state index is 3.65. The summed E-state index contributed by atoms with van der Waals surface area (Å²) in [5, 5.41) is 1.18. The molecule has 1 nitrogen and oxygen atoms in total. The van der Waals surface area contributed by atoms with Gasteiger partial charge in [0.05, 0.1) is 0 Å². The van der Waals surface area contributed by atoms with Gasteiger partial charge in [0, 0.05) is 11.9 Å². The normalized spacial score (nSPS) is 21.2. The molecule has 0 aliphatic carbocycles. The van der Waals surface area contributed by atoms with Gasteiger partial charge in [-0.15, -0.1) is 0 Å². The zero-order chi connectivity index (χ0) is 11.8. The highest BCUT2D eigenvalue weighted by Crippen LogP contribution is 2.23. The summed E-state index contributed by atoms with van der Waals surface area (Å²) >= 11 is 3.65. The SMILES string of the molecule is CCCC1CCN(CC(CBr)CCC)CC1. The van der Waals surface area contributed by atoms with Crippen molar-refractivity contribution >= 4 is 15.9 Å². The second kappa shape index (κ2) is 8.52. The van der Waals surface area contributed by atoms with Crippen LogP contribution in [0.4, 0.5) is 0 Å². The molecule has 0 aromatic rings. The minimum atomic E-state index is 0.868. The number of likely N-dealkylation sites (tertiary alicyclic amines) is 1. The number of hydrogen-bond acceptors (Lipinski definition) is 1. The lowest BCUT2D eigenvalue weighted by atomic mass is 9.92. The molecule has 1 fully saturated rings. The zero-order valence-electron chi connectivity index (χ0n) is 11.1. The Morgan fingerprint density at radius 1 is 1.19 bits per heavy atom. The van der Waals surface area contributed by atoms with Crippen LogP contribution in [0, 0.1) is 11.8 Å². The smallest absolute Gasteiger partial charge is 0.00718 e. The van der Waals surface area contributed by atoms with E-state index >= 15 is 0 Å². The molecule has 0 saturated carbocycles. The van der Waals surface area contributed by atoms with E-state index in [1.54, 1.807) is 0 Å². The highest BCUT2D eigenvalue weighted by Gasteiger charge is 2.20. The molecule has 1 saturated heterocycles. The van der Waals surface area contributed by atoms with Gasteiger partial charge in [-0.05, 0) is 44.2 Å². The van der Waals surface area contributed by atoms with Gasteiger partial charge in [-0.3, -0.25) is 0 Å². The first-order chi connectivity index (χ1) is 7.80. The lowest BCUT2D eigenvalue weighted by Gasteiger charge is -2.33. The number of nitrogens with zero attached hydrogens (tertiary/aromatic N) is 1. The summed E-state index contributed by atoms with van der Waals surface area (Å²) in [6, 6.07) is 0. The first kappa shape index (κ1) is 14.5. The van der Waals surface area contributed by atoms with E-state index in [9.17, 15) is 0 Å². The molecule has 0 radical (unpaired) electrons. The highest BCUT2D eigenvalue weighted by atomic mass is 79.9. The molecule has 1 aliphatic rings. The van der Waals surface area contributed by atoms with Crippen molar-refractivity contribution in [3.05, 3.63) is 0 Å². The Balaban J connectivity index is 2.20. The Labute approximate surface area is 110 Å². The summed E-state index contributed by atoms with van der Waals surface area (Å²) in [5.74, 6) is 1.89. The van der Waals surface area contributed by atoms with Crippen LogP contribution in [0.5, 0.6) is 0 Å². The largest absolute Gasteiger partial charge is 0.303 e. The fraction of sp³-hybridized carbons (Fsp3) is 1.00. The Morgan fingerprint density at radius 2 is 1.88 bits per heavy atom. The van der Waals surface area contributed by atoms with Crippen molar-refractivity contribution < 1.29 is 0 Å². The maximum absolute atomic E-state index is 3.65. The molecule has 16 heavy (non-hydrogen) atoms. The van der Waals surface area contributed by atoms with E-state index in [4.69, 9.17) is 0 Å². The van der Waals surface area contributed by atoms with Gasteiger partial charge in [-0.2, -0.15) is 0 Å². The second-order valence-electron chi connectivity index (χ2n) is 5.34. The molecule has 1 aliphatic heterocycles. The van der Waals surface area contributed by atoms with E-state index < -0.39 is 0 Å². The van der Waals surface area contributed by atoms with E-state index in [0.29, 0.717) is 0 Å². The predicted octanol–water partition coefficient (Wildman–Crippen LogP) is 4.31. The average molecular weight is 290 g/mol. The first-order valence-electron chi connectivity index (χ1n) is 7.08. The minimum Gasteiger partial charge on any atom is -0.303 e. The first-order valence-corrected chi connectivity index (χ1v) is 8.20. The molecule has 0 aromatic carbocycles. The van der Waals surface area contributed by atoms with Crippen LogP contribution >= 0.6 is 15.9 Å². The van der Waals surface area contributed by atoms with Crippen molar-refractivity contribution in [3.8, 4) is 0 Å². The number of rotatable bonds is 7. The van der Waals surface area contributed by atoms with Crippen molar-refractivity contribution in [3.63, 3.8) is 0 Å². The second-order valence-corrected chi connectivity index (χ2v) is 5.99. The van der Waals surface area contributed by atoms with E-state index in [-0.39, 0.29) is 0 Å². The quantitative estimate of drug-likeness (QED) is 0.632. The van der Waals surface area contributed by atoms with Gasteiger partial charge in [0.1, 0.15) is 0 Å². The number of alkyl halides is 1. The molecule has 96 valence electrons. The third kappa shape index (κ3) is 5.18. The van der Waals surface area contributed by atoms with Gasteiger partial charge < -0.3 is 4.90 Å². The van der Waals surface area contributed by atoms with Crippen molar-refractivity contribution in [2.45, 2.75) is 52.4 Å². The van der Waals surface area contributed by atoms with Crippen LogP contribution in [-0.2, 0) is 0 Å². The Morgan fingerprint density at radius 3 is 2.38 bits per heavy atom. The Hall–Kier alpha value is 0.440. The van der Waals surface area contributed by atoms with Crippen LogP contribution in [0.3, 0.4) is 0 Å². The third-order valence-electron chi connectivity index (χ3n) is 3.84. The molecule has 0 spiro atoms. The van der Waals surface area contributed by atoms with Gasteiger partial charge in [-0.1, -0.05) is 49.0 Å². The van der Waals surface area contributed by atoms with Gasteiger partial charge in [0.25, 0.3) is 0 Å². The summed E-state index contributed by atoms with van der Waals surface area (Å²) in [6.07, 6.45) is 8.39. The number of piperidine rings is 1. The highest BCUT2D eigenvalue weighted by molar-refractivity contribution is 9.09. The van der Waals surface area contributed by atoms with Gasteiger partial charge in [0.2, 0.25) is 0 Å². The maximum Gasteiger partial charge on any atom is 0.00718 e. The lowest BCUT2D eigenvalue weighted by molar-refractivity contribution is 0.158. The zero-order valence-corrected chi connectivity index (χ0v) is 12.6. The van der Waals surface area contributed by atoms with Gasteiger partial charge >= 0.3 is 0 Å². The Kier molecular flexibility index (Phi) is 7.72. The van der Waals surface area contributed by atoms with Gasteiger partial charge in [0.15, 0.2) is 0 Å². The standard InChI is InChI=1S/C14H28BrN/c1-3-5-13-7-9-16(10-8-13)12-14(11-15)6-4-2/h13-14H,3-12H2,1-2H3. The molecular weight excluding hydrogens is 262 g/mol. The molecule has 2 heteroatoms. The van der Waals surface area contributed by atoms with E-state index in [0.717, 1.165) is 11.8 Å². The van der Waals surface area contributed by atoms with Gasteiger partial charge in [-0.25, -0.2) is 0 Å². The fourth-order valence-corrected chi connectivity index (χ4v) is 3.39. The average Bonchev–Trinajstić information content (AvgIpc) is 2.31. The van der Waals surface area contributed by atoms with Crippen molar-refractivity contribution in [1.82, 2.24) is 4.90 Å². The summed E-state index contributed by atoms with van der Waals surface area (Å²) in [6.45, 7) is 8.62. The molecule has 0 aromatic heterocycles. The molecular formula is C14H28BrN.